The lowest BCUT2D eigenvalue weighted by molar-refractivity contribution is 0.0579. The van der Waals surface area contributed by atoms with Gasteiger partial charge in [-0.25, -0.2) is 0 Å². The first-order valence-corrected chi connectivity index (χ1v) is 14.6. The molecule has 0 amide bonds. The maximum atomic E-state index is 6.36. The van der Waals surface area contributed by atoms with Crippen molar-refractivity contribution in [3.63, 3.8) is 0 Å². The van der Waals surface area contributed by atoms with Gasteiger partial charge in [-0.15, -0.1) is 0 Å². The van der Waals surface area contributed by atoms with Crippen LogP contribution in [0.15, 0.2) is 66.7 Å². The van der Waals surface area contributed by atoms with Crippen LogP contribution in [-0.4, -0.2) is 46.9 Å². The van der Waals surface area contributed by atoms with Gasteiger partial charge in [0, 0.05) is 12.6 Å². The molecule has 0 fully saturated rings. The van der Waals surface area contributed by atoms with Crippen molar-refractivity contribution in [2.75, 3.05) is 27.9 Å². The zero-order valence-corrected chi connectivity index (χ0v) is 21.4. The molecule has 5 heteroatoms. The maximum absolute atomic E-state index is 6.36. The lowest BCUT2D eigenvalue weighted by Crippen LogP contribution is -2.56. The molecule has 1 atom stereocenters. The Bertz CT molecular complexity index is 1080. The zero-order valence-electron chi connectivity index (χ0n) is 20.4. The van der Waals surface area contributed by atoms with Crippen molar-refractivity contribution in [3.05, 3.63) is 83.4 Å². The number of hydrogen-bond donors (Lipinski definition) is 0. The number of ether oxygens (including phenoxy) is 3. The van der Waals surface area contributed by atoms with Crippen LogP contribution < -0.4 is 19.8 Å². The number of fused-ring (bicyclic) bond motifs is 2. The second-order valence-corrected chi connectivity index (χ2v) is 13.7. The number of rotatable bonds is 4. The molecular formula is C28H35NO3Si. The van der Waals surface area contributed by atoms with Gasteiger partial charge in [0.05, 0.1) is 27.4 Å². The van der Waals surface area contributed by atoms with Gasteiger partial charge in [0.2, 0.25) is 0 Å². The Morgan fingerprint density at radius 1 is 0.879 bits per heavy atom. The highest BCUT2D eigenvalue weighted by Gasteiger charge is 2.33. The van der Waals surface area contributed by atoms with Crippen LogP contribution in [0.25, 0.3) is 0 Å². The molecule has 0 radical (unpaired) electrons. The largest absolute Gasteiger partial charge is 0.493 e. The molecule has 4 nitrogen and oxygen atoms in total. The van der Waals surface area contributed by atoms with Gasteiger partial charge in [-0.3, -0.25) is 4.90 Å². The van der Waals surface area contributed by atoms with E-state index >= 15 is 0 Å². The molecule has 0 saturated heterocycles. The molecule has 1 heterocycles. The minimum Gasteiger partial charge on any atom is -0.493 e. The molecule has 1 aliphatic rings. The average Bonchev–Trinajstić information content (AvgIpc) is 2.84. The molecule has 0 aromatic heterocycles. The fourth-order valence-electron chi connectivity index (χ4n) is 4.97. The smallest absolute Gasteiger partial charge is 0.161 e. The average molecular weight is 462 g/mol. The standard InChI is InChI=1S/C28H35NO3Si/c1-29-18-23-16-25(30-2)26(31-3)17-28(23)33(4,5)27-14-10-9-13-22(27)19-32-20-24(29)15-21-11-7-6-8-12-21/h6-14,16-17,24H,15,18-20H2,1-5H3. The summed E-state index contributed by atoms with van der Waals surface area (Å²) >= 11 is 0. The quantitative estimate of drug-likeness (QED) is 0.548. The molecule has 3 aromatic carbocycles. The molecule has 0 N–H and O–H groups in total. The molecule has 4 rings (SSSR count). The normalized spacial score (nSPS) is 18.5. The van der Waals surface area contributed by atoms with Gasteiger partial charge < -0.3 is 14.2 Å². The van der Waals surface area contributed by atoms with E-state index in [4.69, 9.17) is 14.2 Å². The third kappa shape index (κ3) is 5.01. The first-order valence-electron chi connectivity index (χ1n) is 11.6. The maximum Gasteiger partial charge on any atom is 0.161 e. The van der Waals surface area contributed by atoms with Gasteiger partial charge in [0.15, 0.2) is 11.5 Å². The lowest BCUT2D eigenvalue weighted by Gasteiger charge is -2.32. The monoisotopic (exact) mass is 461 g/mol. The SMILES string of the molecule is COc1cc2c(cc1OC)[Si](C)(C)c1ccccc1COCC(Cc1ccccc1)N(C)C2. The van der Waals surface area contributed by atoms with Gasteiger partial charge in [-0.1, -0.05) is 67.7 Å². The summed E-state index contributed by atoms with van der Waals surface area (Å²) in [5.41, 5.74) is 3.93. The summed E-state index contributed by atoms with van der Waals surface area (Å²) in [7, 11) is 3.59. The van der Waals surface area contributed by atoms with Crippen LogP contribution in [0.2, 0.25) is 13.1 Å². The molecule has 0 bridgehead atoms. The van der Waals surface area contributed by atoms with Gasteiger partial charge in [0.25, 0.3) is 0 Å². The summed E-state index contributed by atoms with van der Waals surface area (Å²) in [5.74, 6) is 1.58. The summed E-state index contributed by atoms with van der Waals surface area (Å²) < 4.78 is 17.8. The fourth-order valence-corrected chi connectivity index (χ4v) is 8.17. The Hall–Kier alpha value is -2.60. The van der Waals surface area contributed by atoms with Crippen LogP contribution >= 0.6 is 0 Å². The zero-order chi connectivity index (χ0) is 23.4. The molecular weight excluding hydrogens is 426 g/mol. The summed E-state index contributed by atoms with van der Waals surface area (Å²) in [6, 6.07) is 24.1. The Kier molecular flexibility index (Phi) is 7.22. The Morgan fingerprint density at radius 3 is 2.27 bits per heavy atom. The van der Waals surface area contributed by atoms with Crippen LogP contribution in [-0.2, 0) is 24.3 Å². The molecule has 3 aromatic rings. The third-order valence-corrected chi connectivity index (χ3v) is 10.5. The number of benzene rings is 3. The number of nitrogens with zero attached hydrogens (tertiary/aromatic N) is 1. The van der Waals surface area contributed by atoms with E-state index < -0.39 is 8.07 Å². The highest BCUT2D eigenvalue weighted by Crippen LogP contribution is 2.29. The van der Waals surface area contributed by atoms with Crippen molar-refractivity contribution < 1.29 is 14.2 Å². The minimum atomic E-state index is -2.04. The number of methoxy groups -OCH3 is 2. The van der Waals surface area contributed by atoms with E-state index in [1.807, 2.05) is 0 Å². The molecule has 1 unspecified atom stereocenters. The molecule has 0 aliphatic carbocycles. The van der Waals surface area contributed by atoms with Crippen molar-refractivity contribution in [2.24, 2.45) is 0 Å². The van der Waals surface area contributed by atoms with E-state index in [9.17, 15) is 0 Å². The van der Waals surface area contributed by atoms with Gasteiger partial charge in [0.1, 0.15) is 8.07 Å². The highest BCUT2D eigenvalue weighted by atomic mass is 28.3. The first kappa shape index (κ1) is 23.6. The molecule has 174 valence electrons. The predicted octanol–water partition coefficient (Wildman–Crippen LogP) is 4.10. The van der Waals surface area contributed by atoms with E-state index in [2.05, 4.69) is 91.8 Å². The van der Waals surface area contributed by atoms with E-state index in [1.165, 1.54) is 27.1 Å². The van der Waals surface area contributed by atoms with Crippen molar-refractivity contribution in [3.8, 4) is 11.5 Å². The Morgan fingerprint density at radius 2 is 1.55 bits per heavy atom. The lowest BCUT2D eigenvalue weighted by atomic mass is 10.0. The van der Waals surface area contributed by atoms with Crippen LogP contribution in [0.5, 0.6) is 11.5 Å². The topological polar surface area (TPSA) is 30.9 Å². The molecule has 33 heavy (non-hydrogen) atoms. The van der Waals surface area contributed by atoms with E-state index in [0.29, 0.717) is 13.2 Å². The predicted molar refractivity (Wildman–Crippen MR) is 138 cm³/mol. The first-order chi connectivity index (χ1) is 15.9. The van der Waals surface area contributed by atoms with Crippen LogP contribution in [0.1, 0.15) is 16.7 Å². The van der Waals surface area contributed by atoms with Gasteiger partial charge in [-0.2, -0.15) is 0 Å². The van der Waals surface area contributed by atoms with Crippen molar-refractivity contribution in [1.29, 1.82) is 0 Å². The fraction of sp³-hybridized carbons (Fsp3) is 0.357. The second kappa shape index (κ2) is 10.1. The van der Waals surface area contributed by atoms with Crippen LogP contribution in [0.4, 0.5) is 0 Å². The summed E-state index contributed by atoms with van der Waals surface area (Å²) in [4.78, 5) is 2.43. The number of likely N-dealkylation sites (N-methyl/N-ethyl adjacent to an activating group) is 1. The second-order valence-electron chi connectivity index (χ2n) is 9.42. The van der Waals surface area contributed by atoms with Gasteiger partial charge >= 0.3 is 0 Å². The molecule has 1 aliphatic heterocycles. The van der Waals surface area contributed by atoms with Crippen molar-refractivity contribution in [2.45, 2.75) is 38.7 Å². The summed E-state index contributed by atoms with van der Waals surface area (Å²) in [5, 5.41) is 2.81. The van der Waals surface area contributed by atoms with E-state index in [0.717, 1.165) is 24.5 Å². The van der Waals surface area contributed by atoms with E-state index in [-0.39, 0.29) is 6.04 Å². The van der Waals surface area contributed by atoms with Crippen molar-refractivity contribution >= 4 is 18.4 Å². The van der Waals surface area contributed by atoms with Crippen LogP contribution in [0, 0.1) is 0 Å². The molecule has 0 spiro atoms. The summed E-state index contributed by atoms with van der Waals surface area (Å²) in [6.07, 6.45) is 0.947. The van der Waals surface area contributed by atoms with Gasteiger partial charge in [-0.05, 0) is 52.7 Å². The Balaban J connectivity index is 1.83. The third-order valence-electron chi connectivity index (χ3n) is 6.90. The number of hydrogen-bond acceptors (Lipinski definition) is 4. The minimum absolute atomic E-state index is 0.267. The summed E-state index contributed by atoms with van der Waals surface area (Å²) in [6.45, 7) is 7.00. The van der Waals surface area contributed by atoms with E-state index in [1.54, 1.807) is 14.2 Å². The Labute approximate surface area is 199 Å². The molecule has 0 saturated carbocycles. The van der Waals surface area contributed by atoms with Crippen LogP contribution in [0.3, 0.4) is 0 Å². The highest BCUT2D eigenvalue weighted by molar-refractivity contribution is 7.01. The van der Waals surface area contributed by atoms with Crippen molar-refractivity contribution in [1.82, 2.24) is 4.90 Å².